The van der Waals surface area contributed by atoms with Gasteiger partial charge >= 0.3 is 6.09 Å². The molecule has 0 fully saturated rings. The minimum absolute atomic E-state index is 0.193. The summed E-state index contributed by atoms with van der Waals surface area (Å²) in [5, 5.41) is 11.6. The Morgan fingerprint density at radius 3 is 3.25 bits per heavy atom. The lowest BCUT2D eigenvalue weighted by Gasteiger charge is -2.10. The minimum Gasteiger partial charge on any atom is -0.493 e. The van der Waals surface area contributed by atoms with Crippen molar-refractivity contribution in [2.45, 2.75) is 12.3 Å². The summed E-state index contributed by atoms with van der Waals surface area (Å²) in [5.41, 5.74) is 1.66. The van der Waals surface area contributed by atoms with Crippen LogP contribution in [0.25, 0.3) is 0 Å². The molecule has 2 rings (SSSR count). The van der Waals surface area contributed by atoms with Gasteiger partial charge in [0.15, 0.2) is 0 Å². The SMILES string of the molecule is C=CCOC(=O)NCCC1COc2ccc(C#N)cc21. The molecule has 1 aromatic carbocycles. The van der Waals surface area contributed by atoms with Gasteiger partial charge in [-0.15, -0.1) is 0 Å². The first-order valence-electron chi connectivity index (χ1n) is 6.43. The number of nitrogens with one attached hydrogen (secondary N) is 1. The smallest absolute Gasteiger partial charge is 0.407 e. The van der Waals surface area contributed by atoms with Crippen LogP contribution >= 0.6 is 0 Å². The number of hydrogen-bond donors (Lipinski definition) is 1. The Hall–Kier alpha value is -2.48. The number of alkyl carbamates (subject to hydrolysis) is 1. The fourth-order valence-corrected chi connectivity index (χ4v) is 2.12. The van der Waals surface area contributed by atoms with Crippen molar-refractivity contribution in [1.82, 2.24) is 5.32 Å². The number of rotatable bonds is 5. The summed E-state index contributed by atoms with van der Waals surface area (Å²) in [5.74, 6) is 1.02. The average Bonchev–Trinajstić information content (AvgIpc) is 2.87. The molecule has 1 unspecified atom stereocenters. The largest absolute Gasteiger partial charge is 0.493 e. The van der Waals surface area contributed by atoms with Gasteiger partial charge in [-0.2, -0.15) is 5.26 Å². The lowest BCUT2D eigenvalue weighted by atomic mass is 9.96. The third-order valence-corrected chi connectivity index (χ3v) is 3.11. The van der Waals surface area contributed by atoms with Crippen LogP contribution < -0.4 is 10.1 Å². The number of nitrogens with zero attached hydrogens (tertiary/aromatic N) is 1. The van der Waals surface area contributed by atoms with Gasteiger partial charge in [-0.1, -0.05) is 12.7 Å². The van der Waals surface area contributed by atoms with Crippen molar-refractivity contribution in [1.29, 1.82) is 5.26 Å². The normalized spacial score (nSPS) is 15.7. The van der Waals surface area contributed by atoms with E-state index >= 15 is 0 Å². The van der Waals surface area contributed by atoms with Gasteiger partial charge in [-0.3, -0.25) is 0 Å². The third kappa shape index (κ3) is 3.29. The van der Waals surface area contributed by atoms with E-state index in [1.165, 1.54) is 6.08 Å². The van der Waals surface area contributed by atoms with E-state index in [4.69, 9.17) is 14.7 Å². The van der Waals surface area contributed by atoms with E-state index in [-0.39, 0.29) is 12.5 Å². The summed E-state index contributed by atoms with van der Waals surface area (Å²) in [6.45, 7) is 4.75. The number of carbonyl (C=O) groups excluding carboxylic acids is 1. The van der Waals surface area contributed by atoms with Crippen molar-refractivity contribution in [3.05, 3.63) is 42.0 Å². The monoisotopic (exact) mass is 272 g/mol. The molecule has 1 heterocycles. The Bertz CT molecular complexity index is 549. The summed E-state index contributed by atoms with van der Waals surface area (Å²) in [4.78, 5) is 11.3. The van der Waals surface area contributed by atoms with Gasteiger partial charge in [0.25, 0.3) is 0 Å². The highest BCUT2D eigenvalue weighted by atomic mass is 16.5. The van der Waals surface area contributed by atoms with E-state index in [0.29, 0.717) is 18.7 Å². The summed E-state index contributed by atoms with van der Waals surface area (Å²) in [7, 11) is 0. The molecular formula is C15H16N2O3. The Balaban J connectivity index is 1.86. The maximum Gasteiger partial charge on any atom is 0.407 e. The number of ether oxygens (including phenoxy) is 2. The van der Waals surface area contributed by atoms with Gasteiger partial charge in [0.2, 0.25) is 0 Å². The second-order valence-corrected chi connectivity index (χ2v) is 4.47. The summed E-state index contributed by atoms with van der Waals surface area (Å²) >= 11 is 0. The molecule has 0 saturated heterocycles. The van der Waals surface area contributed by atoms with E-state index in [1.54, 1.807) is 6.07 Å². The molecule has 1 atom stereocenters. The van der Waals surface area contributed by atoms with Crippen LogP contribution in [-0.2, 0) is 4.74 Å². The molecule has 0 saturated carbocycles. The molecule has 1 aliphatic rings. The summed E-state index contributed by atoms with van der Waals surface area (Å²) in [6.07, 6.45) is 1.81. The number of carbonyl (C=O) groups is 1. The zero-order valence-corrected chi connectivity index (χ0v) is 11.1. The highest BCUT2D eigenvalue weighted by Gasteiger charge is 2.24. The summed E-state index contributed by atoms with van der Waals surface area (Å²) in [6, 6.07) is 7.53. The van der Waals surface area contributed by atoms with Gasteiger partial charge in [0.1, 0.15) is 12.4 Å². The zero-order valence-electron chi connectivity index (χ0n) is 11.1. The van der Waals surface area contributed by atoms with Crippen molar-refractivity contribution < 1.29 is 14.3 Å². The lowest BCUT2D eigenvalue weighted by Crippen LogP contribution is -2.26. The standard InChI is InChI=1S/C15H16N2O3/c1-2-7-19-15(18)17-6-5-12-10-20-14-4-3-11(9-16)8-13(12)14/h2-4,8,12H,1,5-7,10H2,(H,17,18). The number of hydrogen-bond acceptors (Lipinski definition) is 4. The average molecular weight is 272 g/mol. The van der Waals surface area contributed by atoms with Crippen LogP contribution in [0.4, 0.5) is 4.79 Å². The number of amides is 1. The molecule has 0 spiro atoms. The lowest BCUT2D eigenvalue weighted by molar-refractivity contribution is 0.158. The number of benzene rings is 1. The van der Waals surface area contributed by atoms with Crippen LogP contribution in [0.2, 0.25) is 0 Å². The fraction of sp³-hybridized carbons (Fsp3) is 0.333. The first-order valence-corrected chi connectivity index (χ1v) is 6.43. The van der Waals surface area contributed by atoms with Crippen LogP contribution in [0.3, 0.4) is 0 Å². The topological polar surface area (TPSA) is 71.3 Å². The van der Waals surface area contributed by atoms with Crippen molar-refractivity contribution in [3.8, 4) is 11.8 Å². The van der Waals surface area contributed by atoms with E-state index in [0.717, 1.165) is 17.7 Å². The Morgan fingerprint density at radius 2 is 2.50 bits per heavy atom. The van der Waals surface area contributed by atoms with Crippen LogP contribution in [0.5, 0.6) is 5.75 Å². The third-order valence-electron chi connectivity index (χ3n) is 3.11. The van der Waals surface area contributed by atoms with Crippen molar-refractivity contribution in [2.75, 3.05) is 19.8 Å². The Morgan fingerprint density at radius 1 is 1.65 bits per heavy atom. The highest BCUT2D eigenvalue weighted by Crippen LogP contribution is 2.36. The quantitative estimate of drug-likeness (QED) is 0.835. The molecule has 5 nitrogen and oxygen atoms in total. The number of fused-ring (bicyclic) bond motifs is 1. The second-order valence-electron chi connectivity index (χ2n) is 4.47. The predicted octanol–water partition coefficient (Wildman–Crippen LogP) is 2.34. The van der Waals surface area contributed by atoms with Crippen molar-refractivity contribution >= 4 is 6.09 Å². The molecule has 0 aromatic heterocycles. The molecule has 104 valence electrons. The molecule has 1 N–H and O–H groups in total. The molecule has 20 heavy (non-hydrogen) atoms. The molecule has 0 aliphatic carbocycles. The van der Waals surface area contributed by atoms with Gasteiger partial charge in [-0.05, 0) is 24.6 Å². The first kappa shape index (κ1) is 13.9. The van der Waals surface area contributed by atoms with Crippen molar-refractivity contribution in [2.24, 2.45) is 0 Å². The molecule has 1 aliphatic heterocycles. The molecular weight excluding hydrogens is 256 g/mol. The maximum absolute atomic E-state index is 11.3. The Labute approximate surface area is 117 Å². The number of nitriles is 1. The Kier molecular flexibility index (Phi) is 4.61. The van der Waals surface area contributed by atoms with Crippen LogP contribution in [0.15, 0.2) is 30.9 Å². The maximum atomic E-state index is 11.3. The van der Waals surface area contributed by atoms with Gasteiger partial charge in [-0.25, -0.2) is 4.79 Å². The van der Waals surface area contributed by atoms with E-state index in [9.17, 15) is 4.79 Å². The van der Waals surface area contributed by atoms with E-state index in [2.05, 4.69) is 18.0 Å². The molecule has 0 bridgehead atoms. The fourth-order valence-electron chi connectivity index (χ4n) is 2.12. The first-order chi connectivity index (χ1) is 9.74. The van der Waals surface area contributed by atoms with Gasteiger partial charge in [0.05, 0.1) is 18.2 Å². The predicted molar refractivity (Wildman–Crippen MR) is 73.6 cm³/mol. The zero-order chi connectivity index (χ0) is 14.4. The van der Waals surface area contributed by atoms with Crippen molar-refractivity contribution in [3.63, 3.8) is 0 Å². The van der Waals surface area contributed by atoms with Crippen LogP contribution in [0, 0.1) is 11.3 Å². The summed E-state index contributed by atoms with van der Waals surface area (Å²) < 4.78 is 10.4. The van der Waals surface area contributed by atoms with Crippen LogP contribution in [-0.4, -0.2) is 25.9 Å². The molecule has 1 aromatic rings. The highest BCUT2D eigenvalue weighted by molar-refractivity contribution is 5.67. The second kappa shape index (κ2) is 6.62. The van der Waals surface area contributed by atoms with Crippen LogP contribution in [0.1, 0.15) is 23.5 Å². The van der Waals surface area contributed by atoms with Gasteiger partial charge < -0.3 is 14.8 Å². The van der Waals surface area contributed by atoms with E-state index < -0.39 is 6.09 Å². The molecule has 0 radical (unpaired) electrons. The van der Waals surface area contributed by atoms with E-state index in [1.807, 2.05) is 12.1 Å². The van der Waals surface area contributed by atoms with Gasteiger partial charge in [0, 0.05) is 18.0 Å². The molecule has 5 heteroatoms. The minimum atomic E-state index is -0.449. The molecule has 1 amide bonds.